The molecular formula is C21H27N3O3. The second-order valence-electron chi connectivity index (χ2n) is 7.55. The Balaban J connectivity index is 1.86. The van der Waals surface area contributed by atoms with Crippen LogP contribution in [0.25, 0.3) is 5.69 Å². The molecule has 144 valence electrons. The number of benzene rings is 1. The first-order chi connectivity index (χ1) is 12.8. The number of piperidine rings is 1. The Morgan fingerprint density at radius 2 is 1.67 bits per heavy atom. The van der Waals surface area contributed by atoms with E-state index in [1.807, 2.05) is 11.8 Å². The molecule has 0 unspecified atom stereocenters. The van der Waals surface area contributed by atoms with Gasteiger partial charge in [0.1, 0.15) is 6.54 Å². The number of Topliss-reactive ketones (excluding diaryl/α,β-unsaturated/α-hetero) is 1. The molecule has 0 saturated carbocycles. The number of aryl methyl sites for hydroxylation is 1. The summed E-state index contributed by atoms with van der Waals surface area (Å²) >= 11 is 0. The Bertz CT molecular complexity index is 898. The summed E-state index contributed by atoms with van der Waals surface area (Å²) < 4.78 is 3.05. The van der Waals surface area contributed by atoms with Crippen LogP contribution in [0.1, 0.15) is 56.1 Å². The Hall–Kier alpha value is -2.63. The van der Waals surface area contributed by atoms with Gasteiger partial charge in [-0.15, -0.1) is 0 Å². The highest BCUT2D eigenvalue weighted by Gasteiger charge is 2.29. The van der Waals surface area contributed by atoms with Crippen LogP contribution in [0.2, 0.25) is 0 Å². The first kappa shape index (κ1) is 19.1. The number of likely N-dealkylation sites (tertiary alicyclic amines) is 1. The molecule has 0 spiro atoms. The number of carbonyl (C=O) groups excluding carboxylic acids is 2. The van der Waals surface area contributed by atoms with E-state index in [2.05, 4.69) is 13.8 Å². The molecule has 2 aromatic rings. The molecule has 1 aromatic heterocycles. The van der Waals surface area contributed by atoms with Gasteiger partial charge in [0.15, 0.2) is 5.78 Å². The number of nitrogens with zero attached hydrogens (tertiary/aromatic N) is 3. The Morgan fingerprint density at radius 1 is 1.07 bits per heavy atom. The zero-order valence-corrected chi connectivity index (χ0v) is 16.4. The number of hydrogen-bond donors (Lipinski definition) is 0. The third-order valence-corrected chi connectivity index (χ3v) is 5.45. The molecule has 1 aliphatic heterocycles. The van der Waals surface area contributed by atoms with E-state index in [1.54, 1.807) is 35.0 Å². The van der Waals surface area contributed by atoms with Gasteiger partial charge in [-0.3, -0.25) is 18.7 Å². The van der Waals surface area contributed by atoms with Crippen molar-refractivity contribution in [2.24, 2.45) is 0 Å². The molecule has 1 aromatic carbocycles. The van der Waals surface area contributed by atoms with Crippen LogP contribution in [-0.4, -0.2) is 37.8 Å². The van der Waals surface area contributed by atoms with Crippen molar-refractivity contribution in [3.63, 3.8) is 0 Å². The fourth-order valence-corrected chi connectivity index (χ4v) is 4.03. The van der Waals surface area contributed by atoms with Crippen molar-refractivity contribution in [1.29, 1.82) is 0 Å². The molecule has 1 aliphatic rings. The lowest BCUT2D eigenvalue weighted by molar-refractivity contribution is -0.138. The molecule has 1 saturated heterocycles. The molecule has 3 rings (SSSR count). The predicted molar refractivity (Wildman–Crippen MR) is 104 cm³/mol. The minimum atomic E-state index is -0.242. The van der Waals surface area contributed by atoms with Crippen LogP contribution in [0, 0.1) is 6.92 Å². The SMILES string of the molecule is CC(=O)c1ccc(-n2c(C)cn(CC(=O)N3[C@H](C)CCC[C@@H]3C)c2=O)cc1. The quantitative estimate of drug-likeness (QED) is 0.779. The average molecular weight is 369 g/mol. The van der Waals surface area contributed by atoms with Gasteiger partial charge in [-0.25, -0.2) is 4.79 Å². The first-order valence-corrected chi connectivity index (χ1v) is 9.51. The van der Waals surface area contributed by atoms with E-state index in [4.69, 9.17) is 0 Å². The number of carbonyl (C=O) groups is 2. The predicted octanol–water partition coefficient (Wildman–Crippen LogP) is 2.94. The van der Waals surface area contributed by atoms with Crippen LogP contribution in [-0.2, 0) is 11.3 Å². The van der Waals surface area contributed by atoms with Gasteiger partial charge in [0.05, 0.1) is 5.69 Å². The van der Waals surface area contributed by atoms with Gasteiger partial charge in [-0.2, -0.15) is 0 Å². The maximum Gasteiger partial charge on any atom is 0.333 e. The van der Waals surface area contributed by atoms with Gasteiger partial charge in [0, 0.05) is 29.5 Å². The minimum Gasteiger partial charge on any atom is -0.336 e. The summed E-state index contributed by atoms with van der Waals surface area (Å²) in [6, 6.07) is 7.35. The second-order valence-corrected chi connectivity index (χ2v) is 7.55. The van der Waals surface area contributed by atoms with Gasteiger partial charge in [0.2, 0.25) is 5.91 Å². The number of hydrogen-bond acceptors (Lipinski definition) is 3. The molecule has 0 radical (unpaired) electrons. The number of ketones is 1. The summed E-state index contributed by atoms with van der Waals surface area (Å²) in [7, 11) is 0. The van der Waals surface area contributed by atoms with Gasteiger partial charge < -0.3 is 4.90 Å². The zero-order valence-electron chi connectivity index (χ0n) is 16.4. The first-order valence-electron chi connectivity index (χ1n) is 9.51. The highest BCUT2D eigenvalue weighted by molar-refractivity contribution is 5.94. The normalized spacial score (nSPS) is 19.9. The monoisotopic (exact) mass is 369 g/mol. The zero-order chi connectivity index (χ0) is 19.7. The van der Waals surface area contributed by atoms with Crippen molar-refractivity contribution in [2.75, 3.05) is 0 Å². The van der Waals surface area contributed by atoms with Crippen molar-refractivity contribution < 1.29 is 9.59 Å². The molecule has 2 heterocycles. The van der Waals surface area contributed by atoms with E-state index in [1.165, 1.54) is 11.5 Å². The molecule has 6 heteroatoms. The molecule has 0 aliphatic carbocycles. The third kappa shape index (κ3) is 3.75. The smallest absolute Gasteiger partial charge is 0.333 e. The molecule has 0 bridgehead atoms. The molecule has 6 nitrogen and oxygen atoms in total. The topological polar surface area (TPSA) is 64.3 Å². The van der Waals surface area contributed by atoms with Crippen LogP contribution < -0.4 is 5.69 Å². The highest BCUT2D eigenvalue weighted by atomic mass is 16.2. The van der Waals surface area contributed by atoms with Crippen molar-refractivity contribution in [1.82, 2.24) is 14.0 Å². The van der Waals surface area contributed by atoms with Crippen LogP contribution in [0.3, 0.4) is 0 Å². The van der Waals surface area contributed by atoms with Crippen LogP contribution in [0.5, 0.6) is 0 Å². The van der Waals surface area contributed by atoms with E-state index < -0.39 is 0 Å². The fourth-order valence-electron chi connectivity index (χ4n) is 4.03. The van der Waals surface area contributed by atoms with Gasteiger partial charge in [-0.1, -0.05) is 0 Å². The number of amides is 1. The van der Waals surface area contributed by atoms with Gasteiger partial charge in [-0.05, 0) is 71.2 Å². The van der Waals surface area contributed by atoms with Crippen molar-refractivity contribution in [3.05, 3.63) is 52.2 Å². The maximum absolute atomic E-state index is 12.9. The third-order valence-electron chi connectivity index (χ3n) is 5.45. The second kappa shape index (κ2) is 7.55. The molecule has 0 N–H and O–H groups in total. The maximum atomic E-state index is 12.9. The van der Waals surface area contributed by atoms with E-state index in [0.717, 1.165) is 25.0 Å². The standard InChI is InChI=1S/C21H27N3O3/c1-14-6-5-7-15(2)23(14)20(26)13-22-12-16(3)24(21(22)27)19-10-8-18(9-11-19)17(4)25/h8-12,14-15H,5-7,13H2,1-4H3/t14-,15+. The van der Waals surface area contributed by atoms with E-state index in [9.17, 15) is 14.4 Å². The Morgan fingerprint density at radius 3 is 2.22 bits per heavy atom. The lowest BCUT2D eigenvalue weighted by Crippen LogP contribution is -2.49. The van der Waals surface area contributed by atoms with Crippen molar-refractivity contribution in [2.45, 2.75) is 65.6 Å². The number of imidazole rings is 1. The van der Waals surface area contributed by atoms with E-state index in [-0.39, 0.29) is 36.0 Å². The van der Waals surface area contributed by atoms with Gasteiger partial charge >= 0.3 is 5.69 Å². The minimum absolute atomic E-state index is 0.0131. The summed E-state index contributed by atoms with van der Waals surface area (Å²) in [5.41, 5.74) is 1.80. The number of aromatic nitrogens is 2. The summed E-state index contributed by atoms with van der Waals surface area (Å²) in [4.78, 5) is 39.1. The van der Waals surface area contributed by atoms with Crippen molar-refractivity contribution >= 4 is 11.7 Å². The largest absolute Gasteiger partial charge is 0.336 e. The number of rotatable bonds is 4. The summed E-state index contributed by atoms with van der Waals surface area (Å²) in [5.74, 6) is -0.0283. The lowest BCUT2D eigenvalue weighted by atomic mass is 9.97. The van der Waals surface area contributed by atoms with E-state index >= 15 is 0 Å². The molecule has 2 atom stereocenters. The van der Waals surface area contributed by atoms with Crippen LogP contribution >= 0.6 is 0 Å². The summed E-state index contributed by atoms with van der Waals surface area (Å²) in [5, 5.41) is 0. The molecule has 1 fully saturated rings. The van der Waals surface area contributed by atoms with Crippen LogP contribution in [0.15, 0.2) is 35.3 Å². The Kier molecular flexibility index (Phi) is 5.35. The molecular weight excluding hydrogens is 342 g/mol. The molecule has 1 amide bonds. The molecule has 27 heavy (non-hydrogen) atoms. The highest BCUT2D eigenvalue weighted by Crippen LogP contribution is 2.23. The summed E-state index contributed by atoms with van der Waals surface area (Å²) in [6.45, 7) is 7.55. The Labute approximate surface area is 159 Å². The summed E-state index contributed by atoms with van der Waals surface area (Å²) in [6.07, 6.45) is 4.87. The lowest BCUT2D eigenvalue weighted by Gasteiger charge is -2.39. The van der Waals surface area contributed by atoms with E-state index in [0.29, 0.717) is 11.3 Å². The fraction of sp³-hybridized carbons (Fsp3) is 0.476. The average Bonchev–Trinajstić information content (AvgIpc) is 2.88. The van der Waals surface area contributed by atoms with Crippen molar-refractivity contribution in [3.8, 4) is 5.69 Å². The van der Waals surface area contributed by atoms with Gasteiger partial charge in [0.25, 0.3) is 0 Å². The van der Waals surface area contributed by atoms with Crippen LogP contribution in [0.4, 0.5) is 0 Å².